The van der Waals surface area contributed by atoms with Gasteiger partial charge in [0.1, 0.15) is 0 Å². The summed E-state index contributed by atoms with van der Waals surface area (Å²) in [5, 5.41) is 5.14. The Morgan fingerprint density at radius 2 is 1.93 bits per heavy atom. The van der Waals surface area contributed by atoms with E-state index in [0.29, 0.717) is 26.1 Å². The van der Waals surface area contributed by atoms with Crippen molar-refractivity contribution in [3.63, 3.8) is 0 Å². The van der Waals surface area contributed by atoms with E-state index in [4.69, 9.17) is 0 Å². The lowest BCUT2D eigenvalue weighted by Crippen LogP contribution is -2.35. The fourth-order valence-corrected chi connectivity index (χ4v) is 5.52. The first-order valence-electron chi connectivity index (χ1n) is 9.94. The van der Waals surface area contributed by atoms with Gasteiger partial charge in [0.15, 0.2) is 0 Å². The van der Waals surface area contributed by atoms with Gasteiger partial charge in [-0.3, -0.25) is 4.79 Å². The Bertz CT molecular complexity index is 1190. The zero-order valence-corrected chi connectivity index (χ0v) is 17.3. The minimum absolute atomic E-state index is 0.206. The van der Waals surface area contributed by atoms with Crippen LogP contribution in [0.3, 0.4) is 0 Å². The molecule has 0 saturated carbocycles. The smallest absolute Gasteiger partial charge is 0.244 e. The van der Waals surface area contributed by atoms with Crippen molar-refractivity contribution in [2.75, 3.05) is 25.4 Å². The van der Waals surface area contributed by atoms with Crippen LogP contribution in [-0.4, -0.2) is 48.6 Å². The molecule has 1 aromatic heterocycles. The summed E-state index contributed by atoms with van der Waals surface area (Å²) in [7, 11) is -3.12. The fraction of sp³-hybridized carbons (Fsp3) is 0.318. The van der Waals surface area contributed by atoms with Gasteiger partial charge < -0.3 is 9.88 Å². The average Bonchev–Trinajstić information content (AvgIpc) is 3.22. The molecule has 1 saturated heterocycles. The molecule has 0 bridgehead atoms. The fourth-order valence-electron chi connectivity index (χ4n) is 3.99. The van der Waals surface area contributed by atoms with Crippen LogP contribution in [0.1, 0.15) is 18.9 Å². The number of aryl methyl sites for hydroxylation is 1. The molecule has 152 valence electrons. The van der Waals surface area contributed by atoms with Gasteiger partial charge >= 0.3 is 0 Å². The molecule has 29 heavy (non-hydrogen) atoms. The highest BCUT2D eigenvalue weighted by Gasteiger charge is 2.27. The first kappa shape index (κ1) is 19.7. The largest absolute Gasteiger partial charge is 0.351 e. The summed E-state index contributed by atoms with van der Waals surface area (Å²) < 4.78 is 27.3. The number of carbonyl (C=O) groups excluding carboxylic acids is 1. The van der Waals surface area contributed by atoms with Crippen LogP contribution in [0, 0.1) is 0 Å². The first-order valence-corrected chi connectivity index (χ1v) is 11.6. The van der Waals surface area contributed by atoms with E-state index >= 15 is 0 Å². The second-order valence-electron chi connectivity index (χ2n) is 7.23. The number of rotatable bonds is 6. The van der Waals surface area contributed by atoms with Crippen LogP contribution in [0.4, 0.5) is 0 Å². The SMILES string of the molecule is CCn1c2ccccc2c2cc(C=CC(=O)NCCN3CCCS3(=O)=O)ccc21. The Morgan fingerprint density at radius 1 is 1.14 bits per heavy atom. The molecular formula is C22H25N3O3S. The van der Waals surface area contributed by atoms with Gasteiger partial charge in [0.05, 0.1) is 5.75 Å². The number of fused-ring (bicyclic) bond motifs is 3. The molecule has 0 spiro atoms. The van der Waals surface area contributed by atoms with Crippen LogP contribution >= 0.6 is 0 Å². The number of nitrogens with zero attached hydrogens (tertiary/aromatic N) is 2. The number of sulfonamides is 1. The zero-order valence-electron chi connectivity index (χ0n) is 16.5. The summed E-state index contributed by atoms with van der Waals surface area (Å²) >= 11 is 0. The number of hydrogen-bond acceptors (Lipinski definition) is 3. The summed E-state index contributed by atoms with van der Waals surface area (Å²) in [6.07, 6.45) is 3.95. The molecule has 0 unspecified atom stereocenters. The van der Waals surface area contributed by atoms with Crippen LogP contribution in [0.2, 0.25) is 0 Å². The van der Waals surface area contributed by atoms with E-state index in [-0.39, 0.29) is 11.7 Å². The van der Waals surface area contributed by atoms with E-state index in [2.05, 4.69) is 41.1 Å². The van der Waals surface area contributed by atoms with Crippen LogP contribution in [0.25, 0.3) is 27.9 Å². The molecular weight excluding hydrogens is 386 g/mol. The lowest BCUT2D eigenvalue weighted by Gasteiger charge is -2.13. The van der Waals surface area contributed by atoms with Gasteiger partial charge in [0, 0.05) is 54.1 Å². The van der Waals surface area contributed by atoms with E-state index in [0.717, 1.165) is 12.1 Å². The number of aromatic nitrogens is 1. The summed E-state index contributed by atoms with van der Waals surface area (Å²) in [6.45, 7) is 4.21. The van der Waals surface area contributed by atoms with Crippen LogP contribution < -0.4 is 5.32 Å². The van der Waals surface area contributed by atoms with Crippen molar-refractivity contribution < 1.29 is 13.2 Å². The van der Waals surface area contributed by atoms with E-state index in [1.807, 2.05) is 18.2 Å². The van der Waals surface area contributed by atoms with Gasteiger partial charge in [-0.1, -0.05) is 24.3 Å². The van der Waals surface area contributed by atoms with Gasteiger partial charge in [-0.2, -0.15) is 0 Å². The lowest BCUT2D eigenvalue weighted by atomic mass is 10.1. The molecule has 0 aliphatic carbocycles. The van der Waals surface area contributed by atoms with Crippen molar-refractivity contribution in [3.05, 3.63) is 54.1 Å². The predicted octanol–water partition coefficient (Wildman–Crippen LogP) is 2.98. The maximum absolute atomic E-state index is 12.1. The molecule has 2 heterocycles. The van der Waals surface area contributed by atoms with Gasteiger partial charge in [-0.05, 0) is 43.2 Å². The third kappa shape index (κ3) is 3.93. The third-order valence-electron chi connectivity index (χ3n) is 5.40. The monoisotopic (exact) mass is 411 g/mol. The number of amides is 1. The van der Waals surface area contributed by atoms with Crippen molar-refractivity contribution in [2.45, 2.75) is 19.9 Å². The maximum Gasteiger partial charge on any atom is 0.244 e. The van der Waals surface area contributed by atoms with Crippen molar-refractivity contribution >= 4 is 43.8 Å². The van der Waals surface area contributed by atoms with E-state index < -0.39 is 10.0 Å². The normalized spacial score (nSPS) is 16.9. The number of para-hydroxylation sites is 1. The molecule has 1 aliphatic rings. The molecule has 0 radical (unpaired) electrons. The van der Waals surface area contributed by atoms with Gasteiger partial charge in [-0.25, -0.2) is 12.7 Å². The van der Waals surface area contributed by atoms with E-state index in [1.54, 1.807) is 6.08 Å². The maximum atomic E-state index is 12.1. The Morgan fingerprint density at radius 3 is 2.69 bits per heavy atom. The highest BCUT2D eigenvalue weighted by Crippen LogP contribution is 2.29. The minimum atomic E-state index is -3.12. The van der Waals surface area contributed by atoms with Crippen LogP contribution in [-0.2, 0) is 21.4 Å². The molecule has 1 aliphatic heterocycles. The second kappa shape index (κ2) is 8.00. The standard InChI is InChI=1S/C22H25N3O3S/c1-2-25-20-7-4-3-6-18(20)19-16-17(8-10-21(19)25)9-11-22(26)23-12-14-24-13-5-15-29(24,27)28/h3-4,6-11,16H,2,5,12-15H2,1H3,(H,23,26). The molecule has 1 N–H and O–H groups in total. The molecule has 7 heteroatoms. The molecule has 1 fully saturated rings. The Labute approximate surface area is 170 Å². The number of carbonyl (C=O) groups is 1. The number of hydrogen-bond donors (Lipinski definition) is 1. The summed E-state index contributed by atoms with van der Waals surface area (Å²) in [5.74, 6) is -0.0183. The van der Waals surface area contributed by atoms with E-state index in [1.165, 1.54) is 32.2 Å². The lowest BCUT2D eigenvalue weighted by molar-refractivity contribution is -0.116. The molecule has 2 aromatic carbocycles. The predicted molar refractivity (Wildman–Crippen MR) is 117 cm³/mol. The Hall–Kier alpha value is -2.64. The van der Waals surface area contributed by atoms with Crippen molar-refractivity contribution in [2.24, 2.45) is 0 Å². The first-order chi connectivity index (χ1) is 14.0. The zero-order chi connectivity index (χ0) is 20.4. The second-order valence-corrected chi connectivity index (χ2v) is 9.32. The quantitative estimate of drug-likeness (QED) is 0.634. The van der Waals surface area contributed by atoms with E-state index in [9.17, 15) is 13.2 Å². The number of benzene rings is 2. The number of nitrogens with one attached hydrogen (secondary N) is 1. The summed E-state index contributed by atoms with van der Waals surface area (Å²) in [4.78, 5) is 12.1. The average molecular weight is 412 g/mol. The highest BCUT2D eigenvalue weighted by atomic mass is 32.2. The Kier molecular flexibility index (Phi) is 5.43. The molecule has 4 rings (SSSR count). The molecule has 3 aromatic rings. The molecule has 1 amide bonds. The van der Waals surface area contributed by atoms with Crippen molar-refractivity contribution in [3.8, 4) is 0 Å². The van der Waals surface area contributed by atoms with Crippen LogP contribution in [0.5, 0.6) is 0 Å². The third-order valence-corrected chi connectivity index (χ3v) is 7.36. The molecule has 0 atom stereocenters. The van der Waals surface area contributed by atoms with Crippen molar-refractivity contribution in [1.29, 1.82) is 0 Å². The highest BCUT2D eigenvalue weighted by molar-refractivity contribution is 7.89. The van der Waals surface area contributed by atoms with Gasteiger partial charge in [-0.15, -0.1) is 0 Å². The molecule has 6 nitrogen and oxygen atoms in total. The minimum Gasteiger partial charge on any atom is -0.351 e. The summed E-state index contributed by atoms with van der Waals surface area (Å²) in [5.41, 5.74) is 3.34. The van der Waals surface area contributed by atoms with Gasteiger partial charge in [0.2, 0.25) is 15.9 Å². The van der Waals surface area contributed by atoms with Gasteiger partial charge in [0.25, 0.3) is 0 Å². The van der Waals surface area contributed by atoms with Crippen LogP contribution in [0.15, 0.2) is 48.5 Å². The summed E-state index contributed by atoms with van der Waals surface area (Å²) in [6, 6.07) is 14.5. The topological polar surface area (TPSA) is 71.4 Å². The Balaban J connectivity index is 1.45. The van der Waals surface area contributed by atoms with Crippen molar-refractivity contribution in [1.82, 2.24) is 14.2 Å².